The summed E-state index contributed by atoms with van der Waals surface area (Å²) in [6, 6.07) is 9.13. The van der Waals surface area contributed by atoms with Gasteiger partial charge in [-0.15, -0.1) is 0 Å². The quantitative estimate of drug-likeness (QED) is 0.928. The van der Waals surface area contributed by atoms with Crippen LogP contribution in [-0.2, 0) is 0 Å². The van der Waals surface area contributed by atoms with Crippen LogP contribution in [0, 0.1) is 12.7 Å². The minimum Gasteiger partial charge on any atom is -0.478 e. The first kappa shape index (κ1) is 14.0. The second-order valence-electron chi connectivity index (χ2n) is 4.38. The van der Waals surface area contributed by atoms with E-state index in [4.69, 9.17) is 5.11 Å². The molecule has 0 spiro atoms. The molecule has 0 fully saturated rings. The fourth-order valence-electron chi connectivity index (χ4n) is 2.03. The fourth-order valence-corrected chi connectivity index (χ4v) is 2.03. The lowest BCUT2D eigenvalue weighted by molar-refractivity contribution is 0.0696. The van der Waals surface area contributed by atoms with Crippen molar-refractivity contribution in [1.29, 1.82) is 0 Å². The normalized spacial score (nSPS) is 10.3. The molecule has 5 heteroatoms. The van der Waals surface area contributed by atoms with Gasteiger partial charge in [-0.1, -0.05) is 6.07 Å². The Kier molecular flexibility index (Phi) is 3.98. The molecule has 104 valence electrons. The largest absolute Gasteiger partial charge is 0.478 e. The van der Waals surface area contributed by atoms with E-state index in [-0.39, 0.29) is 11.4 Å². The van der Waals surface area contributed by atoms with Crippen LogP contribution < -0.4 is 4.90 Å². The summed E-state index contributed by atoms with van der Waals surface area (Å²) in [5.74, 6) is -0.852. The third-order valence-corrected chi connectivity index (χ3v) is 2.90. The van der Waals surface area contributed by atoms with Gasteiger partial charge in [0.25, 0.3) is 0 Å². The number of carboxylic acid groups (broad SMARTS) is 1. The zero-order valence-corrected chi connectivity index (χ0v) is 11.3. The second-order valence-corrected chi connectivity index (χ2v) is 4.38. The number of hydrogen-bond acceptors (Lipinski definition) is 3. The Morgan fingerprint density at radius 3 is 2.70 bits per heavy atom. The molecule has 1 heterocycles. The third-order valence-electron chi connectivity index (χ3n) is 2.90. The fraction of sp³-hybridized carbons (Fsp3) is 0.200. The van der Waals surface area contributed by atoms with Gasteiger partial charge in [0.2, 0.25) is 0 Å². The highest BCUT2D eigenvalue weighted by molar-refractivity contribution is 5.89. The Bertz CT molecular complexity index is 644. The van der Waals surface area contributed by atoms with E-state index >= 15 is 0 Å². The maximum atomic E-state index is 13.3. The molecule has 0 amide bonds. The van der Waals surface area contributed by atoms with Gasteiger partial charge in [0.05, 0.1) is 5.56 Å². The number of benzene rings is 1. The Morgan fingerprint density at radius 2 is 2.10 bits per heavy atom. The van der Waals surface area contributed by atoms with Crippen LogP contribution in [0.25, 0.3) is 0 Å². The van der Waals surface area contributed by atoms with Crippen LogP contribution in [0.15, 0.2) is 36.4 Å². The lowest BCUT2D eigenvalue weighted by Crippen LogP contribution is -2.18. The van der Waals surface area contributed by atoms with Crippen molar-refractivity contribution in [2.24, 2.45) is 0 Å². The number of aryl methyl sites for hydroxylation is 1. The van der Waals surface area contributed by atoms with Crippen molar-refractivity contribution >= 4 is 17.5 Å². The molecule has 1 aromatic heterocycles. The van der Waals surface area contributed by atoms with Crippen molar-refractivity contribution in [3.8, 4) is 0 Å². The van der Waals surface area contributed by atoms with Gasteiger partial charge in [-0.05, 0) is 44.2 Å². The maximum absolute atomic E-state index is 13.3. The second kappa shape index (κ2) is 5.69. The number of aromatic carboxylic acids is 1. The summed E-state index contributed by atoms with van der Waals surface area (Å²) in [5.41, 5.74) is 1.42. The molecule has 0 aliphatic heterocycles. The van der Waals surface area contributed by atoms with Crippen LogP contribution in [-0.4, -0.2) is 22.6 Å². The summed E-state index contributed by atoms with van der Waals surface area (Å²) in [5, 5.41) is 9.10. The first-order chi connectivity index (χ1) is 9.51. The molecule has 0 radical (unpaired) electrons. The van der Waals surface area contributed by atoms with Gasteiger partial charge in [-0.3, -0.25) is 0 Å². The molecular weight excluding hydrogens is 259 g/mol. The number of hydrogen-bond donors (Lipinski definition) is 1. The van der Waals surface area contributed by atoms with Crippen LogP contribution in [0.5, 0.6) is 0 Å². The molecule has 2 rings (SSSR count). The molecule has 0 atom stereocenters. The van der Waals surface area contributed by atoms with Gasteiger partial charge >= 0.3 is 5.97 Å². The maximum Gasteiger partial charge on any atom is 0.335 e. The lowest BCUT2D eigenvalue weighted by atomic mass is 10.2. The molecule has 2 aromatic rings. The monoisotopic (exact) mass is 274 g/mol. The zero-order valence-electron chi connectivity index (χ0n) is 11.3. The molecule has 1 aromatic carbocycles. The van der Waals surface area contributed by atoms with E-state index in [2.05, 4.69) is 4.98 Å². The highest BCUT2D eigenvalue weighted by Gasteiger charge is 2.13. The van der Waals surface area contributed by atoms with Crippen LogP contribution >= 0.6 is 0 Å². The minimum atomic E-state index is -1.01. The topological polar surface area (TPSA) is 53.4 Å². The minimum absolute atomic E-state index is 0.169. The summed E-state index contributed by atoms with van der Waals surface area (Å²) in [6.45, 7) is 4.18. The molecule has 0 bridgehead atoms. The predicted molar refractivity (Wildman–Crippen MR) is 75.0 cm³/mol. The number of pyridine rings is 1. The Morgan fingerprint density at radius 1 is 1.35 bits per heavy atom. The third kappa shape index (κ3) is 2.93. The van der Waals surface area contributed by atoms with Crippen LogP contribution in [0.3, 0.4) is 0 Å². The molecule has 1 N–H and O–H groups in total. The summed E-state index contributed by atoms with van der Waals surface area (Å²) in [6.07, 6.45) is 0. The number of carbonyl (C=O) groups is 1. The van der Waals surface area contributed by atoms with Gasteiger partial charge < -0.3 is 10.0 Å². The molecule has 4 nitrogen and oxygen atoms in total. The Hall–Kier alpha value is -2.43. The number of anilines is 2. The number of nitrogens with zero attached hydrogens (tertiary/aromatic N) is 2. The molecule has 0 saturated carbocycles. The zero-order chi connectivity index (χ0) is 14.7. The molecule has 0 aliphatic rings. The summed E-state index contributed by atoms with van der Waals surface area (Å²) < 4.78 is 13.3. The Balaban J connectivity index is 2.49. The predicted octanol–water partition coefficient (Wildman–Crippen LogP) is 3.39. The first-order valence-corrected chi connectivity index (χ1v) is 6.26. The van der Waals surface area contributed by atoms with Gasteiger partial charge in [0.15, 0.2) is 0 Å². The molecular formula is C15H15FN2O2. The van der Waals surface area contributed by atoms with Crippen LogP contribution in [0.4, 0.5) is 15.9 Å². The number of rotatable bonds is 4. The number of halogens is 1. The lowest BCUT2D eigenvalue weighted by Gasteiger charge is -2.22. The van der Waals surface area contributed by atoms with E-state index in [1.807, 2.05) is 6.92 Å². The van der Waals surface area contributed by atoms with Gasteiger partial charge in [0, 0.05) is 17.9 Å². The van der Waals surface area contributed by atoms with Gasteiger partial charge in [-0.25, -0.2) is 14.2 Å². The van der Waals surface area contributed by atoms with Crippen LogP contribution in [0.1, 0.15) is 23.0 Å². The molecule has 0 unspecified atom stereocenters. The number of aromatic nitrogens is 1. The van der Waals surface area contributed by atoms with Crippen molar-refractivity contribution in [3.63, 3.8) is 0 Å². The SMILES string of the molecule is CCN(c1cccc(F)c1)c1cc(C(=O)O)cc(C)n1. The van der Waals surface area contributed by atoms with E-state index < -0.39 is 5.97 Å². The van der Waals surface area contributed by atoms with E-state index in [0.29, 0.717) is 23.7 Å². The average molecular weight is 274 g/mol. The standard InChI is InChI=1S/C15H15FN2O2/c1-3-18(13-6-4-5-12(16)9-13)14-8-11(15(19)20)7-10(2)17-14/h4-9H,3H2,1-2H3,(H,19,20). The van der Waals surface area contributed by atoms with E-state index in [0.717, 1.165) is 0 Å². The first-order valence-electron chi connectivity index (χ1n) is 6.26. The van der Waals surface area contributed by atoms with Gasteiger partial charge in [-0.2, -0.15) is 0 Å². The van der Waals surface area contributed by atoms with E-state index in [9.17, 15) is 9.18 Å². The highest BCUT2D eigenvalue weighted by Crippen LogP contribution is 2.25. The van der Waals surface area contributed by atoms with E-state index in [1.165, 1.54) is 24.3 Å². The average Bonchev–Trinajstić information content (AvgIpc) is 2.39. The summed E-state index contributed by atoms with van der Waals surface area (Å²) in [4.78, 5) is 17.2. The summed E-state index contributed by atoms with van der Waals surface area (Å²) >= 11 is 0. The van der Waals surface area contributed by atoms with E-state index in [1.54, 1.807) is 24.0 Å². The Labute approximate surface area is 116 Å². The van der Waals surface area contributed by atoms with Crippen molar-refractivity contribution in [1.82, 2.24) is 4.98 Å². The highest BCUT2D eigenvalue weighted by atomic mass is 19.1. The number of carboxylic acids is 1. The van der Waals surface area contributed by atoms with Crippen LogP contribution in [0.2, 0.25) is 0 Å². The molecule has 0 saturated heterocycles. The smallest absolute Gasteiger partial charge is 0.335 e. The molecule has 20 heavy (non-hydrogen) atoms. The van der Waals surface area contributed by atoms with Crippen molar-refractivity contribution in [2.75, 3.05) is 11.4 Å². The van der Waals surface area contributed by atoms with Crippen molar-refractivity contribution < 1.29 is 14.3 Å². The van der Waals surface area contributed by atoms with Crippen molar-refractivity contribution in [2.45, 2.75) is 13.8 Å². The summed E-state index contributed by atoms with van der Waals surface area (Å²) in [7, 11) is 0. The van der Waals surface area contributed by atoms with Gasteiger partial charge in [0.1, 0.15) is 11.6 Å². The van der Waals surface area contributed by atoms with Crippen molar-refractivity contribution in [3.05, 3.63) is 53.5 Å². The molecule has 0 aliphatic carbocycles.